The van der Waals surface area contributed by atoms with Crippen LogP contribution in [0.1, 0.15) is 47.5 Å². The van der Waals surface area contributed by atoms with E-state index in [1.807, 2.05) is 4.90 Å². The lowest BCUT2D eigenvalue weighted by atomic mass is 9.99. The molecule has 1 aliphatic heterocycles. The monoisotopic (exact) mass is 226 g/mol. The van der Waals surface area contributed by atoms with E-state index in [1.54, 1.807) is 0 Å². The number of hydrogen-bond donors (Lipinski definition) is 1. The van der Waals surface area contributed by atoms with E-state index in [2.05, 4.69) is 39.9 Å². The Morgan fingerprint density at radius 2 is 1.94 bits per heavy atom. The van der Waals surface area contributed by atoms with Gasteiger partial charge in [-0.15, -0.1) is 0 Å². The molecule has 0 aromatic rings. The van der Waals surface area contributed by atoms with Crippen LogP contribution in [0.5, 0.6) is 0 Å². The molecule has 0 radical (unpaired) electrons. The van der Waals surface area contributed by atoms with Gasteiger partial charge in [0.05, 0.1) is 12.2 Å². The summed E-state index contributed by atoms with van der Waals surface area (Å²) in [5.74, 6) is 1.27. The lowest BCUT2D eigenvalue weighted by Crippen LogP contribution is -2.39. The van der Waals surface area contributed by atoms with Gasteiger partial charge < -0.3 is 4.90 Å². The Labute approximate surface area is 99.6 Å². The van der Waals surface area contributed by atoms with Gasteiger partial charge in [-0.05, 0) is 18.3 Å². The van der Waals surface area contributed by atoms with E-state index < -0.39 is 0 Å². The molecule has 0 spiro atoms. The van der Waals surface area contributed by atoms with Gasteiger partial charge >= 0.3 is 0 Å². The van der Waals surface area contributed by atoms with Crippen molar-refractivity contribution in [3.05, 3.63) is 0 Å². The maximum Gasteiger partial charge on any atom is 0.241 e. The molecule has 1 heterocycles. The number of nitrogens with zero attached hydrogens (tertiary/aromatic N) is 1. The van der Waals surface area contributed by atoms with Crippen LogP contribution in [0.4, 0.5) is 0 Å². The van der Waals surface area contributed by atoms with E-state index in [1.165, 1.54) is 0 Å². The molecular weight excluding hydrogens is 200 g/mol. The summed E-state index contributed by atoms with van der Waals surface area (Å²) in [6.07, 6.45) is 2.29. The first-order valence-corrected chi connectivity index (χ1v) is 6.57. The summed E-state index contributed by atoms with van der Waals surface area (Å²) in [6.45, 7) is 11.6. The zero-order valence-electron chi connectivity index (χ0n) is 11.3. The quantitative estimate of drug-likeness (QED) is 0.779. The minimum absolute atomic E-state index is 0.0358. The van der Waals surface area contributed by atoms with Crippen LogP contribution in [0.15, 0.2) is 0 Å². The maximum atomic E-state index is 12.3. The van der Waals surface area contributed by atoms with Gasteiger partial charge in [-0.1, -0.05) is 41.0 Å². The molecule has 16 heavy (non-hydrogen) atoms. The highest BCUT2D eigenvalue weighted by Crippen LogP contribution is 2.21. The second-order valence-corrected chi connectivity index (χ2v) is 5.34. The molecule has 0 aliphatic carbocycles. The van der Waals surface area contributed by atoms with Gasteiger partial charge in [0.15, 0.2) is 0 Å². The van der Waals surface area contributed by atoms with Crippen molar-refractivity contribution in [1.29, 1.82) is 0 Å². The van der Waals surface area contributed by atoms with Crippen LogP contribution in [0.3, 0.4) is 0 Å². The fourth-order valence-corrected chi connectivity index (χ4v) is 2.29. The molecule has 1 fully saturated rings. The Bertz CT molecular complexity index is 240. The number of carbonyl (C=O) groups excluding carboxylic acids is 1. The fourth-order valence-electron chi connectivity index (χ4n) is 2.29. The largest absolute Gasteiger partial charge is 0.326 e. The number of rotatable bonds is 5. The second-order valence-electron chi connectivity index (χ2n) is 5.34. The molecule has 3 atom stereocenters. The van der Waals surface area contributed by atoms with E-state index in [9.17, 15) is 4.79 Å². The van der Waals surface area contributed by atoms with Crippen molar-refractivity contribution in [3.63, 3.8) is 0 Å². The average molecular weight is 226 g/mol. The van der Waals surface area contributed by atoms with Gasteiger partial charge in [0, 0.05) is 6.54 Å². The summed E-state index contributed by atoms with van der Waals surface area (Å²) in [4.78, 5) is 14.3. The van der Waals surface area contributed by atoms with Crippen LogP contribution in [-0.4, -0.2) is 29.6 Å². The van der Waals surface area contributed by atoms with Crippen molar-refractivity contribution in [2.24, 2.45) is 11.8 Å². The summed E-state index contributed by atoms with van der Waals surface area (Å²) in [7, 11) is 0. The van der Waals surface area contributed by atoms with Gasteiger partial charge in [0.1, 0.15) is 0 Å². The average Bonchev–Trinajstić information content (AvgIpc) is 2.55. The van der Waals surface area contributed by atoms with Crippen molar-refractivity contribution in [2.45, 2.75) is 59.7 Å². The van der Waals surface area contributed by atoms with E-state index in [0.717, 1.165) is 19.4 Å². The molecule has 0 aromatic heterocycles. The van der Waals surface area contributed by atoms with Crippen LogP contribution in [0, 0.1) is 11.8 Å². The molecule has 1 amide bonds. The van der Waals surface area contributed by atoms with Crippen molar-refractivity contribution < 1.29 is 4.79 Å². The Hall–Kier alpha value is -0.570. The molecule has 1 N–H and O–H groups in total. The third kappa shape index (κ3) is 2.76. The topological polar surface area (TPSA) is 32.3 Å². The van der Waals surface area contributed by atoms with Crippen LogP contribution in [-0.2, 0) is 4.79 Å². The highest BCUT2D eigenvalue weighted by molar-refractivity contribution is 5.84. The third-order valence-electron chi connectivity index (χ3n) is 3.46. The molecule has 3 heteroatoms. The molecule has 0 saturated carbocycles. The van der Waals surface area contributed by atoms with Crippen LogP contribution < -0.4 is 5.32 Å². The predicted octanol–water partition coefficient (Wildman–Crippen LogP) is 2.22. The van der Waals surface area contributed by atoms with Gasteiger partial charge in [-0.3, -0.25) is 10.1 Å². The van der Waals surface area contributed by atoms with Crippen LogP contribution >= 0.6 is 0 Å². The van der Waals surface area contributed by atoms with Gasteiger partial charge in [0.25, 0.3) is 0 Å². The van der Waals surface area contributed by atoms with Crippen molar-refractivity contribution >= 4 is 5.91 Å². The summed E-state index contributed by atoms with van der Waals surface area (Å²) in [5.41, 5.74) is 0. The number of carbonyl (C=O) groups is 1. The minimum Gasteiger partial charge on any atom is -0.326 e. The van der Waals surface area contributed by atoms with E-state index in [0.29, 0.717) is 17.7 Å². The first kappa shape index (κ1) is 13.5. The normalized spacial score (nSPS) is 27.9. The first-order chi connectivity index (χ1) is 7.51. The molecule has 94 valence electrons. The molecule has 1 saturated heterocycles. The molecular formula is C13H26N2O. The Balaban J connectivity index is 2.72. The SMILES string of the molecule is CCC(C)C1NC(CC)N(CC(C)C)C1=O. The summed E-state index contributed by atoms with van der Waals surface area (Å²) in [5, 5.41) is 3.47. The molecule has 1 aliphatic rings. The number of hydrogen-bond acceptors (Lipinski definition) is 2. The van der Waals surface area contributed by atoms with Crippen molar-refractivity contribution in [1.82, 2.24) is 10.2 Å². The van der Waals surface area contributed by atoms with Crippen LogP contribution in [0.25, 0.3) is 0 Å². The standard InChI is InChI=1S/C13H26N2O/c1-6-10(5)12-13(16)15(8-9(3)4)11(7-2)14-12/h9-12,14H,6-8H2,1-5H3. The van der Waals surface area contributed by atoms with Crippen molar-refractivity contribution in [2.75, 3.05) is 6.54 Å². The minimum atomic E-state index is 0.0358. The van der Waals surface area contributed by atoms with E-state index in [4.69, 9.17) is 0 Å². The summed E-state index contributed by atoms with van der Waals surface area (Å²) >= 11 is 0. The van der Waals surface area contributed by atoms with E-state index in [-0.39, 0.29) is 12.2 Å². The lowest BCUT2D eigenvalue weighted by molar-refractivity contribution is -0.131. The molecule has 3 nitrogen and oxygen atoms in total. The third-order valence-corrected chi connectivity index (χ3v) is 3.46. The van der Waals surface area contributed by atoms with Gasteiger partial charge in [0.2, 0.25) is 5.91 Å². The fraction of sp³-hybridized carbons (Fsp3) is 0.923. The zero-order valence-corrected chi connectivity index (χ0v) is 11.3. The molecule has 0 aromatic carbocycles. The van der Waals surface area contributed by atoms with Gasteiger partial charge in [-0.2, -0.15) is 0 Å². The highest BCUT2D eigenvalue weighted by Gasteiger charge is 2.39. The highest BCUT2D eigenvalue weighted by atomic mass is 16.2. The van der Waals surface area contributed by atoms with Gasteiger partial charge in [-0.25, -0.2) is 0 Å². The lowest BCUT2D eigenvalue weighted by Gasteiger charge is -2.24. The van der Waals surface area contributed by atoms with Crippen LogP contribution in [0.2, 0.25) is 0 Å². The zero-order chi connectivity index (χ0) is 12.3. The Morgan fingerprint density at radius 1 is 1.31 bits per heavy atom. The molecule has 0 bridgehead atoms. The number of amides is 1. The molecule has 1 rings (SSSR count). The molecule has 3 unspecified atom stereocenters. The van der Waals surface area contributed by atoms with E-state index >= 15 is 0 Å². The Kier molecular flexibility index (Phi) is 4.78. The smallest absolute Gasteiger partial charge is 0.241 e. The Morgan fingerprint density at radius 3 is 2.38 bits per heavy atom. The van der Waals surface area contributed by atoms with Crippen molar-refractivity contribution in [3.8, 4) is 0 Å². The predicted molar refractivity (Wildman–Crippen MR) is 67.0 cm³/mol. The number of nitrogens with one attached hydrogen (secondary N) is 1. The first-order valence-electron chi connectivity index (χ1n) is 6.57. The summed E-state index contributed by atoms with van der Waals surface area (Å²) < 4.78 is 0. The maximum absolute atomic E-state index is 12.3. The summed E-state index contributed by atoms with van der Waals surface area (Å²) in [6, 6.07) is 0.0358. The second kappa shape index (κ2) is 5.67.